The Bertz CT molecular complexity index is 1010. The molecule has 4 heteroatoms. The van der Waals surface area contributed by atoms with Gasteiger partial charge < -0.3 is 9.79 Å². The first-order chi connectivity index (χ1) is 19.9. The molecule has 0 fully saturated rings. The molecule has 2 aromatic rings. The van der Waals surface area contributed by atoms with E-state index in [2.05, 4.69) is 65.8 Å². The molecule has 3 nitrogen and oxygen atoms in total. The molecule has 0 spiro atoms. The maximum atomic E-state index is 10.8. The molecular formula is C37H59O3P. The molecule has 3 rings (SSSR count). The molecule has 1 aliphatic rings. The second-order valence-electron chi connectivity index (χ2n) is 12.5. The third-order valence-corrected chi connectivity index (χ3v) is 9.73. The van der Waals surface area contributed by atoms with E-state index in [9.17, 15) is 9.79 Å². The van der Waals surface area contributed by atoms with Crippen LogP contribution in [-0.2, 0) is 42.2 Å². The Balaban J connectivity index is 2.44. The van der Waals surface area contributed by atoms with Crippen molar-refractivity contribution < 1.29 is 14.3 Å². The van der Waals surface area contributed by atoms with E-state index in [-0.39, 0.29) is 5.92 Å². The fourth-order valence-corrected chi connectivity index (χ4v) is 7.86. The molecule has 41 heavy (non-hydrogen) atoms. The zero-order valence-electron chi connectivity index (χ0n) is 27.2. The monoisotopic (exact) mass is 582 g/mol. The van der Waals surface area contributed by atoms with Crippen molar-refractivity contribution in [1.29, 1.82) is 0 Å². The van der Waals surface area contributed by atoms with E-state index in [4.69, 9.17) is 4.52 Å². The Morgan fingerprint density at radius 1 is 0.659 bits per heavy atom. The summed E-state index contributed by atoms with van der Waals surface area (Å²) in [6.45, 7) is 13.6. The normalized spacial score (nSPS) is 14.8. The number of unbranched alkanes of at least 4 members (excludes halogenated alkanes) is 5. The number of benzene rings is 2. The highest BCUT2D eigenvalue weighted by Gasteiger charge is 2.51. The average Bonchev–Trinajstić information content (AvgIpc) is 2.96. The van der Waals surface area contributed by atoms with Gasteiger partial charge in [0.25, 0.3) is 0 Å². The van der Waals surface area contributed by atoms with Gasteiger partial charge in [-0.05, 0) is 121 Å². The molecule has 0 saturated heterocycles. The van der Waals surface area contributed by atoms with Crippen molar-refractivity contribution in [3.63, 3.8) is 0 Å². The van der Waals surface area contributed by atoms with E-state index in [0.29, 0.717) is 0 Å². The molecule has 0 radical (unpaired) electrons. The fraction of sp³-hybridized carbons (Fsp3) is 0.676. The Morgan fingerprint density at radius 2 is 1.10 bits per heavy atom. The van der Waals surface area contributed by atoms with E-state index >= 15 is 0 Å². The summed E-state index contributed by atoms with van der Waals surface area (Å²) in [4.78, 5) is 21.5. The Morgan fingerprint density at radius 3 is 1.49 bits per heavy atom. The maximum Gasteiger partial charge on any atom is 0.328 e. The van der Waals surface area contributed by atoms with Gasteiger partial charge >= 0.3 is 8.60 Å². The van der Waals surface area contributed by atoms with Crippen LogP contribution in [0, 0.1) is 5.92 Å². The molecule has 230 valence electrons. The van der Waals surface area contributed by atoms with Crippen LogP contribution in [0.15, 0.2) is 24.3 Å². The van der Waals surface area contributed by atoms with Crippen LogP contribution in [0.5, 0.6) is 0 Å². The number of hydrogen-bond acceptors (Lipinski definition) is 3. The van der Waals surface area contributed by atoms with Gasteiger partial charge in [-0.1, -0.05) is 104 Å². The van der Waals surface area contributed by atoms with Crippen LogP contribution in [-0.4, -0.2) is 9.79 Å². The summed E-state index contributed by atoms with van der Waals surface area (Å²) in [5.74, 6) is 0.174. The van der Waals surface area contributed by atoms with Gasteiger partial charge in [0.1, 0.15) is 5.60 Å². The van der Waals surface area contributed by atoms with E-state index in [0.717, 1.165) is 83.5 Å². The highest BCUT2D eigenvalue weighted by molar-refractivity contribution is 7.39. The first kappa shape index (κ1) is 34.2. The topological polar surface area (TPSA) is 49.7 Å². The molecule has 0 saturated carbocycles. The van der Waals surface area contributed by atoms with Crippen LogP contribution < -0.4 is 0 Å². The van der Waals surface area contributed by atoms with Gasteiger partial charge in [0.05, 0.1) is 0 Å². The van der Waals surface area contributed by atoms with E-state index < -0.39 is 14.2 Å². The standard InChI is InChI=1S/C37H59O3P/c1-7-13-18-28-23-30(20-15-9-3)35-32(25-28)27-33-26-29(19-14-8-2)24-31(21-16-10-4)36(33)37(35,40-41(38)39)34(12-6)22-17-11-5/h23-26,34,38-39H,7-22,27H2,1-6H3. The first-order valence-corrected chi connectivity index (χ1v) is 18.2. The van der Waals surface area contributed by atoms with E-state index in [1.54, 1.807) is 0 Å². The van der Waals surface area contributed by atoms with Crippen molar-refractivity contribution >= 4 is 8.60 Å². The predicted molar refractivity (Wildman–Crippen MR) is 177 cm³/mol. The molecule has 1 aliphatic carbocycles. The largest absolute Gasteiger partial charge is 0.328 e. The van der Waals surface area contributed by atoms with Gasteiger partial charge in [0.2, 0.25) is 0 Å². The first-order valence-electron chi connectivity index (χ1n) is 17.1. The predicted octanol–water partition coefficient (Wildman–Crippen LogP) is 10.6. The van der Waals surface area contributed by atoms with Crippen LogP contribution in [0.3, 0.4) is 0 Å². The number of rotatable bonds is 19. The molecule has 0 aliphatic heterocycles. The second-order valence-corrected chi connectivity index (χ2v) is 13.2. The summed E-state index contributed by atoms with van der Waals surface area (Å²) in [7, 11) is -2.56. The van der Waals surface area contributed by atoms with Crippen molar-refractivity contribution in [2.24, 2.45) is 5.92 Å². The van der Waals surface area contributed by atoms with Crippen molar-refractivity contribution in [2.45, 2.75) is 156 Å². The molecule has 0 heterocycles. The Labute approximate surface area is 253 Å². The van der Waals surface area contributed by atoms with Crippen molar-refractivity contribution in [2.75, 3.05) is 0 Å². The van der Waals surface area contributed by atoms with Gasteiger partial charge in [0, 0.05) is 0 Å². The minimum Gasteiger partial charge on any atom is -0.328 e. The fourth-order valence-electron chi connectivity index (χ4n) is 7.27. The lowest BCUT2D eigenvalue weighted by molar-refractivity contribution is 0.0190. The molecule has 0 aromatic heterocycles. The molecule has 0 bridgehead atoms. The Kier molecular flexibility index (Phi) is 14.3. The van der Waals surface area contributed by atoms with Crippen LogP contribution in [0.25, 0.3) is 0 Å². The highest BCUT2D eigenvalue weighted by Crippen LogP contribution is 2.57. The van der Waals surface area contributed by atoms with Gasteiger partial charge in [-0.2, -0.15) is 0 Å². The third kappa shape index (κ3) is 8.23. The molecule has 2 aromatic carbocycles. The summed E-state index contributed by atoms with van der Waals surface area (Å²) in [5, 5.41) is 0. The number of aryl methyl sites for hydroxylation is 4. The van der Waals surface area contributed by atoms with Crippen LogP contribution in [0.4, 0.5) is 0 Å². The summed E-state index contributed by atoms with van der Waals surface area (Å²) < 4.78 is 6.74. The Hall–Kier alpha value is -1.25. The zero-order chi connectivity index (χ0) is 29.8. The summed E-state index contributed by atoms with van der Waals surface area (Å²) in [5.41, 5.74) is 10.1. The maximum absolute atomic E-state index is 10.8. The highest BCUT2D eigenvalue weighted by atomic mass is 31.2. The van der Waals surface area contributed by atoms with E-state index in [1.807, 2.05) is 0 Å². The van der Waals surface area contributed by atoms with Gasteiger partial charge in [-0.15, -0.1) is 0 Å². The lowest BCUT2D eigenvalue weighted by Gasteiger charge is -2.48. The van der Waals surface area contributed by atoms with Crippen LogP contribution >= 0.6 is 8.60 Å². The number of hydrogen-bond donors (Lipinski definition) is 2. The third-order valence-electron chi connectivity index (χ3n) is 9.28. The molecule has 1 unspecified atom stereocenters. The zero-order valence-corrected chi connectivity index (χ0v) is 28.1. The molecule has 2 N–H and O–H groups in total. The van der Waals surface area contributed by atoms with E-state index in [1.165, 1.54) is 70.2 Å². The molecule has 1 atom stereocenters. The van der Waals surface area contributed by atoms with Crippen molar-refractivity contribution in [3.05, 3.63) is 68.8 Å². The quantitative estimate of drug-likeness (QED) is 0.162. The average molecular weight is 583 g/mol. The lowest BCUT2D eigenvalue weighted by Crippen LogP contribution is -2.44. The van der Waals surface area contributed by atoms with Crippen LogP contribution in [0.1, 0.15) is 163 Å². The summed E-state index contributed by atoms with van der Waals surface area (Å²) >= 11 is 0. The minimum absolute atomic E-state index is 0.174. The molecule has 0 amide bonds. The number of fused-ring (bicyclic) bond motifs is 2. The summed E-state index contributed by atoms with van der Waals surface area (Å²) in [6, 6.07) is 9.82. The second kappa shape index (κ2) is 17.1. The SMILES string of the molecule is CCCCc1cc(CCCC)c2c(c1)Cc1cc(CCCC)cc(CCCC)c1C2(OP(O)O)C(CC)CCCC. The lowest BCUT2D eigenvalue weighted by atomic mass is 9.63. The van der Waals surface area contributed by atoms with Gasteiger partial charge in [0.15, 0.2) is 0 Å². The van der Waals surface area contributed by atoms with Crippen LogP contribution in [0.2, 0.25) is 0 Å². The van der Waals surface area contributed by atoms with Crippen molar-refractivity contribution in [3.8, 4) is 0 Å². The van der Waals surface area contributed by atoms with Crippen molar-refractivity contribution in [1.82, 2.24) is 0 Å². The smallest absolute Gasteiger partial charge is 0.328 e. The van der Waals surface area contributed by atoms with Gasteiger partial charge in [-0.3, -0.25) is 4.52 Å². The van der Waals surface area contributed by atoms with Gasteiger partial charge in [-0.25, -0.2) is 0 Å². The molecular weight excluding hydrogens is 523 g/mol. The summed E-state index contributed by atoms with van der Waals surface area (Å²) in [6.07, 6.45) is 18.6. The minimum atomic E-state index is -2.56.